The molecule has 7 nitrogen and oxygen atoms in total. The van der Waals surface area contributed by atoms with Crippen LogP contribution in [-0.2, 0) is 30.2 Å². The normalized spacial score (nSPS) is 10.6. The average Bonchev–Trinajstić information content (AvgIpc) is 2.55. The molecule has 0 aliphatic carbocycles. The van der Waals surface area contributed by atoms with Crippen molar-refractivity contribution < 1.29 is 28.9 Å². The first-order chi connectivity index (χ1) is 12.1. The van der Waals surface area contributed by atoms with Gasteiger partial charge in [-0.05, 0) is 12.5 Å². The largest absolute Gasteiger partial charge is 0.481 e. The second-order valence-corrected chi connectivity index (χ2v) is 5.50. The Morgan fingerprint density at radius 1 is 1.00 bits per heavy atom. The van der Waals surface area contributed by atoms with Gasteiger partial charge in [-0.1, -0.05) is 29.8 Å². The number of benzene rings is 1. The van der Waals surface area contributed by atoms with Gasteiger partial charge in [-0.15, -0.1) is 0 Å². The van der Waals surface area contributed by atoms with Gasteiger partial charge in [0, 0.05) is 6.54 Å². The van der Waals surface area contributed by atoms with Crippen LogP contribution in [0.15, 0.2) is 24.3 Å². The molecule has 1 amide bonds. The van der Waals surface area contributed by atoms with Crippen LogP contribution in [0.3, 0.4) is 0 Å². The lowest BCUT2D eigenvalue weighted by molar-refractivity contribution is -0.138. The van der Waals surface area contributed by atoms with Crippen molar-refractivity contribution in [2.24, 2.45) is 0 Å². The molecule has 0 saturated carbocycles. The highest BCUT2D eigenvalue weighted by Gasteiger charge is 2.02. The van der Waals surface area contributed by atoms with Crippen LogP contribution in [0.4, 0.5) is 0 Å². The van der Waals surface area contributed by atoms with Crippen molar-refractivity contribution in [3.05, 3.63) is 35.4 Å². The molecule has 0 radical (unpaired) electrons. The fourth-order valence-electron chi connectivity index (χ4n) is 2.03. The van der Waals surface area contributed by atoms with E-state index >= 15 is 0 Å². The number of amides is 1. The van der Waals surface area contributed by atoms with Gasteiger partial charge in [0.05, 0.1) is 52.5 Å². The molecule has 1 aromatic carbocycles. The van der Waals surface area contributed by atoms with Gasteiger partial charge in [0.1, 0.15) is 0 Å². The van der Waals surface area contributed by atoms with Crippen LogP contribution in [0.1, 0.15) is 17.5 Å². The molecule has 1 rings (SSSR count). The van der Waals surface area contributed by atoms with Gasteiger partial charge in [0.25, 0.3) is 0 Å². The Morgan fingerprint density at radius 2 is 1.64 bits per heavy atom. The number of carboxylic acid groups (broad SMARTS) is 1. The number of nitrogens with one attached hydrogen (secondary N) is 1. The van der Waals surface area contributed by atoms with Gasteiger partial charge in [-0.2, -0.15) is 0 Å². The van der Waals surface area contributed by atoms with Crippen molar-refractivity contribution in [1.29, 1.82) is 0 Å². The van der Waals surface area contributed by atoms with Crippen molar-refractivity contribution >= 4 is 11.9 Å². The molecular weight excluding hydrogens is 326 g/mol. The minimum Gasteiger partial charge on any atom is -0.481 e. The van der Waals surface area contributed by atoms with Crippen molar-refractivity contribution in [3.8, 4) is 0 Å². The van der Waals surface area contributed by atoms with E-state index in [1.54, 1.807) is 0 Å². The fourth-order valence-corrected chi connectivity index (χ4v) is 2.03. The van der Waals surface area contributed by atoms with E-state index in [0.717, 1.165) is 11.1 Å². The van der Waals surface area contributed by atoms with Gasteiger partial charge < -0.3 is 24.6 Å². The number of aryl methyl sites for hydroxylation is 1. The van der Waals surface area contributed by atoms with Gasteiger partial charge in [0.2, 0.25) is 5.91 Å². The molecule has 0 fully saturated rings. The lowest BCUT2D eigenvalue weighted by Gasteiger charge is -2.08. The summed E-state index contributed by atoms with van der Waals surface area (Å²) >= 11 is 0. The fraction of sp³-hybridized carbons (Fsp3) is 0.556. The van der Waals surface area contributed by atoms with Crippen LogP contribution in [-0.4, -0.2) is 63.2 Å². The Morgan fingerprint density at radius 3 is 2.28 bits per heavy atom. The summed E-state index contributed by atoms with van der Waals surface area (Å²) in [6, 6.07) is 7.88. The SMILES string of the molecule is Cc1cccc(CC(=O)NCCOCCOCCOCCC(=O)O)c1. The first kappa shape index (κ1) is 21.1. The summed E-state index contributed by atoms with van der Waals surface area (Å²) in [6.07, 6.45) is 0.366. The van der Waals surface area contributed by atoms with Crippen molar-refractivity contribution in [1.82, 2.24) is 5.32 Å². The number of rotatable bonds is 14. The molecule has 0 bridgehead atoms. The maximum absolute atomic E-state index is 11.8. The summed E-state index contributed by atoms with van der Waals surface area (Å²) in [5.41, 5.74) is 2.14. The van der Waals surface area contributed by atoms with Gasteiger partial charge in [-0.25, -0.2) is 0 Å². The van der Waals surface area contributed by atoms with E-state index in [0.29, 0.717) is 46.0 Å². The topological polar surface area (TPSA) is 94.1 Å². The molecule has 1 aromatic rings. The zero-order valence-electron chi connectivity index (χ0n) is 14.7. The monoisotopic (exact) mass is 353 g/mol. The number of carbonyl (C=O) groups is 2. The van der Waals surface area contributed by atoms with Gasteiger partial charge in [0.15, 0.2) is 0 Å². The third-order valence-electron chi connectivity index (χ3n) is 3.22. The lowest BCUT2D eigenvalue weighted by atomic mass is 10.1. The molecule has 0 unspecified atom stereocenters. The van der Waals surface area contributed by atoms with E-state index in [-0.39, 0.29) is 18.9 Å². The molecule has 0 aromatic heterocycles. The quantitative estimate of drug-likeness (QED) is 0.488. The Bertz CT molecular complexity index is 520. The summed E-state index contributed by atoms with van der Waals surface area (Å²) in [7, 11) is 0. The zero-order valence-corrected chi connectivity index (χ0v) is 14.7. The van der Waals surface area contributed by atoms with Gasteiger partial charge in [-0.3, -0.25) is 9.59 Å². The number of carboxylic acids is 1. The molecule has 0 aliphatic rings. The smallest absolute Gasteiger partial charge is 0.305 e. The van der Waals surface area contributed by atoms with E-state index in [4.69, 9.17) is 19.3 Å². The molecular formula is C18H27NO6. The van der Waals surface area contributed by atoms with Gasteiger partial charge >= 0.3 is 5.97 Å². The van der Waals surface area contributed by atoms with Crippen molar-refractivity contribution in [3.63, 3.8) is 0 Å². The third-order valence-corrected chi connectivity index (χ3v) is 3.22. The van der Waals surface area contributed by atoms with Crippen LogP contribution >= 0.6 is 0 Å². The minimum absolute atomic E-state index is 0.00128. The molecule has 0 saturated heterocycles. The Balaban J connectivity index is 1.88. The van der Waals surface area contributed by atoms with Crippen molar-refractivity contribution in [2.45, 2.75) is 19.8 Å². The number of aliphatic carboxylic acids is 1. The first-order valence-corrected chi connectivity index (χ1v) is 8.35. The molecule has 0 spiro atoms. The lowest BCUT2D eigenvalue weighted by Crippen LogP contribution is -2.29. The first-order valence-electron chi connectivity index (χ1n) is 8.35. The van der Waals surface area contributed by atoms with E-state index in [2.05, 4.69) is 5.32 Å². The van der Waals surface area contributed by atoms with Crippen LogP contribution in [0, 0.1) is 6.92 Å². The van der Waals surface area contributed by atoms with E-state index in [9.17, 15) is 9.59 Å². The summed E-state index contributed by atoms with van der Waals surface area (Å²) in [5.74, 6) is -0.899. The predicted molar refractivity (Wildman–Crippen MR) is 92.6 cm³/mol. The van der Waals surface area contributed by atoms with E-state index in [1.165, 1.54) is 0 Å². The number of hydrogen-bond donors (Lipinski definition) is 2. The van der Waals surface area contributed by atoms with E-state index in [1.807, 2.05) is 31.2 Å². The standard InChI is InChI=1S/C18H27NO6/c1-15-3-2-4-16(13-15)14-17(20)19-6-8-24-10-12-25-11-9-23-7-5-18(21)22/h2-4,13H,5-12,14H2,1H3,(H,19,20)(H,21,22). The molecule has 2 N–H and O–H groups in total. The average molecular weight is 353 g/mol. The molecule has 0 aliphatic heterocycles. The Kier molecular flexibility index (Phi) is 11.3. The van der Waals surface area contributed by atoms with Crippen LogP contribution in [0.25, 0.3) is 0 Å². The summed E-state index contributed by atoms with van der Waals surface area (Å²) < 4.78 is 15.7. The highest BCUT2D eigenvalue weighted by Crippen LogP contribution is 2.04. The molecule has 0 heterocycles. The number of hydrogen-bond acceptors (Lipinski definition) is 5. The highest BCUT2D eigenvalue weighted by molar-refractivity contribution is 5.78. The third kappa shape index (κ3) is 12.1. The zero-order chi connectivity index (χ0) is 18.3. The highest BCUT2D eigenvalue weighted by atomic mass is 16.5. The Labute approximate surface area is 148 Å². The number of ether oxygens (including phenoxy) is 3. The predicted octanol–water partition coefficient (Wildman–Crippen LogP) is 1.18. The maximum atomic E-state index is 11.8. The second kappa shape index (κ2) is 13.3. The van der Waals surface area contributed by atoms with Crippen LogP contribution in [0.5, 0.6) is 0 Å². The van der Waals surface area contributed by atoms with E-state index < -0.39 is 5.97 Å². The molecule has 7 heteroatoms. The molecule has 0 atom stereocenters. The maximum Gasteiger partial charge on any atom is 0.305 e. The second-order valence-electron chi connectivity index (χ2n) is 5.50. The number of carbonyl (C=O) groups excluding carboxylic acids is 1. The van der Waals surface area contributed by atoms with Crippen LogP contribution < -0.4 is 5.32 Å². The summed E-state index contributed by atoms with van der Waals surface area (Å²) in [6.45, 7) is 4.71. The summed E-state index contributed by atoms with van der Waals surface area (Å²) in [5, 5.41) is 11.2. The molecule has 140 valence electrons. The van der Waals surface area contributed by atoms with Crippen LogP contribution in [0.2, 0.25) is 0 Å². The Hall–Kier alpha value is -1.96. The minimum atomic E-state index is -0.875. The molecule has 25 heavy (non-hydrogen) atoms. The van der Waals surface area contributed by atoms with Crippen molar-refractivity contribution in [2.75, 3.05) is 46.2 Å². The summed E-state index contributed by atoms with van der Waals surface area (Å²) in [4.78, 5) is 22.0.